The predicted octanol–water partition coefficient (Wildman–Crippen LogP) is 4.02. The molecule has 0 N–H and O–H groups in total. The summed E-state index contributed by atoms with van der Waals surface area (Å²) in [6, 6.07) is 7.57. The number of amides is 1. The van der Waals surface area contributed by atoms with Crippen LogP contribution in [0.25, 0.3) is 11.5 Å². The van der Waals surface area contributed by atoms with Gasteiger partial charge in [-0.25, -0.2) is 0 Å². The van der Waals surface area contributed by atoms with Gasteiger partial charge in [-0.3, -0.25) is 4.79 Å². The molecule has 0 atom stereocenters. The van der Waals surface area contributed by atoms with E-state index in [-0.39, 0.29) is 5.91 Å². The fourth-order valence-electron chi connectivity index (χ4n) is 2.95. The van der Waals surface area contributed by atoms with Gasteiger partial charge in [0.1, 0.15) is 5.75 Å². The second-order valence-corrected chi connectivity index (χ2v) is 7.27. The monoisotopic (exact) mass is 375 g/mol. The molecule has 1 aromatic carbocycles. The lowest BCUT2D eigenvalue weighted by atomic mass is 10.2. The molecule has 3 rings (SSSR count). The Labute approximate surface area is 158 Å². The molecule has 2 heterocycles. The summed E-state index contributed by atoms with van der Waals surface area (Å²) in [6.45, 7) is 4.38. The molecule has 0 spiro atoms. The number of benzene rings is 1. The van der Waals surface area contributed by atoms with Crippen LogP contribution in [0.5, 0.6) is 5.75 Å². The summed E-state index contributed by atoms with van der Waals surface area (Å²) in [6.07, 6.45) is 5.21. The predicted molar refractivity (Wildman–Crippen MR) is 101 cm³/mol. The van der Waals surface area contributed by atoms with Crippen molar-refractivity contribution in [3.63, 3.8) is 0 Å². The first-order valence-corrected chi connectivity index (χ1v) is 10.2. The number of thioether (sulfide) groups is 1. The fourth-order valence-corrected chi connectivity index (χ4v) is 3.64. The number of carbonyl (C=O) groups excluding carboxylic acids is 1. The van der Waals surface area contributed by atoms with Crippen molar-refractivity contribution in [3.8, 4) is 17.2 Å². The van der Waals surface area contributed by atoms with E-state index in [1.165, 1.54) is 24.6 Å². The van der Waals surface area contributed by atoms with E-state index in [0.717, 1.165) is 37.2 Å². The summed E-state index contributed by atoms with van der Waals surface area (Å²) in [4.78, 5) is 14.3. The molecule has 1 aromatic heterocycles. The fraction of sp³-hybridized carbons (Fsp3) is 0.526. The van der Waals surface area contributed by atoms with Crippen LogP contribution in [0.4, 0.5) is 0 Å². The highest BCUT2D eigenvalue weighted by molar-refractivity contribution is 7.99. The Morgan fingerprint density at radius 2 is 1.88 bits per heavy atom. The van der Waals surface area contributed by atoms with Crippen LogP contribution in [-0.4, -0.2) is 46.5 Å². The minimum atomic E-state index is 0.227. The molecule has 0 radical (unpaired) electrons. The molecule has 1 amide bonds. The van der Waals surface area contributed by atoms with Crippen LogP contribution in [0, 0.1) is 0 Å². The number of carbonyl (C=O) groups is 1. The van der Waals surface area contributed by atoms with Gasteiger partial charge in [0.15, 0.2) is 0 Å². The minimum absolute atomic E-state index is 0.227. The second-order valence-electron chi connectivity index (χ2n) is 6.22. The van der Waals surface area contributed by atoms with Crippen molar-refractivity contribution in [1.29, 1.82) is 0 Å². The zero-order valence-corrected chi connectivity index (χ0v) is 16.0. The van der Waals surface area contributed by atoms with Gasteiger partial charge in [-0.05, 0) is 44.0 Å². The van der Waals surface area contributed by atoms with Crippen LogP contribution in [0.3, 0.4) is 0 Å². The first kappa shape index (κ1) is 18.8. The van der Waals surface area contributed by atoms with Gasteiger partial charge in [0.2, 0.25) is 11.8 Å². The van der Waals surface area contributed by atoms with Gasteiger partial charge in [-0.2, -0.15) is 0 Å². The molecule has 1 aliphatic rings. The van der Waals surface area contributed by atoms with E-state index >= 15 is 0 Å². The summed E-state index contributed by atoms with van der Waals surface area (Å²) in [7, 11) is 0. The SMILES string of the molecule is CCOc1ccc(-c2nnc(SCCC(=O)N3CCCCCC3)o2)cc1. The van der Waals surface area contributed by atoms with E-state index < -0.39 is 0 Å². The number of likely N-dealkylation sites (tertiary alicyclic amines) is 1. The van der Waals surface area contributed by atoms with Crippen molar-refractivity contribution in [3.05, 3.63) is 24.3 Å². The van der Waals surface area contributed by atoms with Crippen LogP contribution in [0.2, 0.25) is 0 Å². The highest BCUT2D eigenvalue weighted by atomic mass is 32.2. The van der Waals surface area contributed by atoms with Crippen molar-refractivity contribution < 1.29 is 13.9 Å². The van der Waals surface area contributed by atoms with E-state index in [2.05, 4.69) is 10.2 Å². The average molecular weight is 375 g/mol. The molecule has 0 saturated carbocycles. The molecule has 1 saturated heterocycles. The van der Waals surface area contributed by atoms with Crippen LogP contribution in [0.15, 0.2) is 33.9 Å². The van der Waals surface area contributed by atoms with Crippen LogP contribution >= 0.6 is 11.8 Å². The minimum Gasteiger partial charge on any atom is -0.494 e. The van der Waals surface area contributed by atoms with Crippen LogP contribution in [-0.2, 0) is 4.79 Å². The second kappa shape index (κ2) is 9.62. The number of hydrogen-bond donors (Lipinski definition) is 0. The summed E-state index contributed by atoms with van der Waals surface area (Å²) in [5.74, 6) is 2.18. The highest BCUT2D eigenvalue weighted by Gasteiger charge is 2.16. The Morgan fingerprint density at radius 1 is 1.15 bits per heavy atom. The van der Waals surface area contributed by atoms with Gasteiger partial charge in [0.05, 0.1) is 6.61 Å². The van der Waals surface area contributed by atoms with Crippen molar-refractivity contribution in [2.75, 3.05) is 25.4 Å². The van der Waals surface area contributed by atoms with Crippen molar-refractivity contribution in [2.24, 2.45) is 0 Å². The van der Waals surface area contributed by atoms with Gasteiger partial charge in [-0.15, -0.1) is 10.2 Å². The third kappa shape index (κ3) is 5.24. The lowest BCUT2D eigenvalue weighted by molar-refractivity contribution is -0.130. The maximum atomic E-state index is 12.3. The van der Waals surface area contributed by atoms with Gasteiger partial charge < -0.3 is 14.1 Å². The number of hydrogen-bond acceptors (Lipinski definition) is 6. The molecule has 2 aromatic rings. The summed E-state index contributed by atoms with van der Waals surface area (Å²) >= 11 is 1.43. The van der Waals surface area contributed by atoms with Gasteiger partial charge in [0.25, 0.3) is 5.22 Å². The number of nitrogens with zero attached hydrogens (tertiary/aromatic N) is 3. The zero-order chi connectivity index (χ0) is 18.2. The highest BCUT2D eigenvalue weighted by Crippen LogP contribution is 2.25. The summed E-state index contributed by atoms with van der Waals surface area (Å²) in [5, 5.41) is 8.65. The molecule has 1 aliphatic heterocycles. The largest absolute Gasteiger partial charge is 0.494 e. The molecule has 7 heteroatoms. The van der Waals surface area contributed by atoms with Gasteiger partial charge in [-0.1, -0.05) is 24.6 Å². The Bertz CT molecular complexity index is 694. The first-order valence-electron chi connectivity index (χ1n) is 9.23. The molecule has 0 unspecified atom stereocenters. The Morgan fingerprint density at radius 3 is 2.58 bits per heavy atom. The molecular weight excluding hydrogens is 350 g/mol. The Balaban J connectivity index is 1.48. The van der Waals surface area contributed by atoms with E-state index in [1.807, 2.05) is 36.1 Å². The molecule has 6 nitrogen and oxygen atoms in total. The maximum absolute atomic E-state index is 12.3. The zero-order valence-electron chi connectivity index (χ0n) is 15.1. The standard InChI is InChI=1S/C19H25N3O3S/c1-2-24-16-9-7-15(8-10-16)18-20-21-19(25-18)26-14-11-17(23)22-12-5-3-4-6-13-22/h7-10H,2-6,11-14H2,1H3. The molecule has 0 bridgehead atoms. The van der Waals surface area contributed by atoms with Crippen LogP contribution in [0.1, 0.15) is 39.0 Å². The molecule has 26 heavy (non-hydrogen) atoms. The molecule has 1 fully saturated rings. The van der Waals surface area contributed by atoms with Gasteiger partial charge in [0, 0.05) is 30.8 Å². The molecule has 140 valence electrons. The smallest absolute Gasteiger partial charge is 0.276 e. The van der Waals surface area contributed by atoms with Gasteiger partial charge >= 0.3 is 0 Å². The van der Waals surface area contributed by atoms with Crippen molar-refractivity contribution >= 4 is 17.7 Å². The lowest BCUT2D eigenvalue weighted by Crippen LogP contribution is -2.31. The van der Waals surface area contributed by atoms with Crippen molar-refractivity contribution in [1.82, 2.24) is 15.1 Å². The van der Waals surface area contributed by atoms with E-state index in [1.54, 1.807) is 0 Å². The maximum Gasteiger partial charge on any atom is 0.276 e. The van der Waals surface area contributed by atoms with E-state index in [4.69, 9.17) is 9.15 Å². The number of rotatable bonds is 7. The Hall–Kier alpha value is -2.02. The molecular formula is C19H25N3O3S. The first-order chi connectivity index (χ1) is 12.8. The topological polar surface area (TPSA) is 68.5 Å². The van der Waals surface area contributed by atoms with E-state index in [9.17, 15) is 4.79 Å². The van der Waals surface area contributed by atoms with E-state index in [0.29, 0.717) is 29.9 Å². The molecule has 0 aliphatic carbocycles. The third-order valence-corrected chi connectivity index (χ3v) is 5.14. The van der Waals surface area contributed by atoms with Crippen LogP contribution < -0.4 is 4.74 Å². The Kier molecular flexibility index (Phi) is 6.94. The quantitative estimate of drug-likeness (QED) is 0.681. The van der Waals surface area contributed by atoms with Crippen molar-refractivity contribution in [2.45, 2.75) is 44.3 Å². The number of aromatic nitrogens is 2. The normalized spacial score (nSPS) is 14.9. The number of ether oxygens (including phenoxy) is 1. The lowest BCUT2D eigenvalue weighted by Gasteiger charge is -2.19. The third-order valence-electron chi connectivity index (χ3n) is 4.32. The summed E-state index contributed by atoms with van der Waals surface area (Å²) < 4.78 is 11.1. The summed E-state index contributed by atoms with van der Waals surface area (Å²) in [5.41, 5.74) is 0.855. The average Bonchev–Trinajstić information content (AvgIpc) is 2.95.